The maximum atomic E-state index is 13.5. The third-order valence-electron chi connectivity index (χ3n) is 5.60. The van der Waals surface area contributed by atoms with E-state index < -0.39 is 17.7 Å². The summed E-state index contributed by atoms with van der Waals surface area (Å²) >= 11 is 9.40. The van der Waals surface area contributed by atoms with Crippen molar-refractivity contribution in [1.82, 2.24) is 10.2 Å². The summed E-state index contributed by atoms with van der Waals surface area (Å²) in [5.74, 6) is -0.515. The number of fused-ring (bicyclic) bond motifs is 1. The fourth-order valence-corrected chi connectivity index (χ4v) is 4.33. The van der Waals surface area contributed by atoms with Crippen LogP contribution in [0, 0.1) is 5.92 Å². The number of anilines is 2. The molecule has 0 aromatic heterocycles. The quantitative estimate of drug-likeness (QED) is 0.479. The van der Waals surface area contributed by atoms with Crippen molar-refractivity contribution in [1.29, 1.82) is 0 Å². The van der Waals surface area contributed by atoms with Crippen molar-refractivity contribution < 1.29 is 14.7 Å². The molecule has 0 bridgehead atoms. The third-order valence-corrected chi connectivity index (χ3v) is 6.35. The smallest absolute Gasteiger partial charge is 0.329 e. The summed E-state index contributed by atoms with van der Waals surface area (Å²) in [5, 5.41) is 17.9. The molecule has 3 amide bonds. The largest absolute Gasteiger partial charge is 0.359 e. The zero-order valence-electron chi connectivity index (χ0n) is 18.4. The number of hydrogen-bond acceptors (Lipinski definition) is 4. The second-order valence-electron chi connectivity index (χ2n) is 7.91. The van der Waals surface area contributed by atoms with E-state index in [1.807, 2.05) is 6.92 Å². The molecule has 0 aliphatic carbocycles. The van der Waals surface area contributed by atoms with Gasteiger partial charge in [-0.15, -0.1) is 0 Å². The van der Waals surface area contributed by atoms with Gasteiger partial charge < -0.3 is 20.6 Å². The summed E-state index contributed by atoms with van der Waals surface area (Å²) in [6.07, 6.45) is 0. The van der Waals surface area contributed by atoms with Gasteiger partial charge in [0.25, 0.3) is 11.6 Å². The van der Waals surface area contributed by atoms with E-state index in [0.29, 0.717) is 27.4 Å². The summed E-state index contributed by atoms with van der Waals surface area (Å²) in [6.45, 7) is 9.24. The highest BCUT2D eigenvalue weighted by Gasteiger charge is 2.52. The first-order valence-corrected chi connectivity index (χ1v) is 11.8. The molecule has 2 aromatic carbocycles. The molecule has 1 aliphatic rings. The number of urea groups is 1. The Bertz CT molecular complexity index is 984. The lowest BCUT2D eigenvalue weighted by Gasteiger charge is -2.43. The molecule has 0 saturated heterocycles. The zero-order valence-corrected chi connectivity index (χ0v) is 20.7. The number of amides is 3. The fraction of sp³-hybridized carbons (Fsp3) is 0.391. The van der Waals surface area contributed by atoms with E-state index in [9.17, 15) is 14.7 Å². The van der Waals surface area contributed by atoms with Crippen molar-refractivity contribution in [2.24, 2.45) is 5.92 Å². The van der Waals surface area contributed by atoms with Crippen LogP contribution in [0.15, 0.2) is 46.9 Å². The zero-order chi connectivity index (χ0) is 23.5. The first-order chi connectivity index (χ1) is 15.2. The van der Waals surface area contributed by atoms with E-state index in [1.165, 1.54) is 0 Å². The van der Waals surface area contributed by atoms with E-state index in [2.05, 4.69) is 45.3 Å². The Morgan fingerprint density at radius 2 is 1.91 bits per heavy atom. The average Bonchev–Trinajstić information content (AvgIpc) is 2.77. The topological polar surface area (TPSA) is 84.9 Å². The van der Waals surface area contributed by atoms with Crippen LogP contribution in [0.2, 0.25) is 5.02 Å². The Labute approximate surface area is 201 Å². The summed E-state index contributed by atoms with van der Waals surface area (Å²) in [7, 11) is 0. The second-order valence-corrected chi connectivity index (χ2v) is 9.26. The highest BCUT2D eigenvalue weighted by Crippen LogP contribution is 2.41. The van der Waals surface area contributed by atoms with Crippen molar-refractivity contribution in [2.75, 3.05) is 36.4 Å². The maximum absolute atomic E-state index is 13.5. The average molecular weight is 524 g/mol. The maximum Gasteiger partial charge on any atom is 0.329 e. The van der Waals surface area contributed by atoms with Gasteiger partial charge in [0.05, 0.1) is 5.69 Å². The monoisotopic (exact) mass is 522 g/mol. The highest BCUT2D eigenvalue weighted by molar-refractivity contribution is 9.10. The Balaban J connectivity index is 1.97. The standard InChI is InChI=1S/C23H28BrClN4O3/c1-4-28(5-2)14-15(3)13-26-21(30)23(32)19-12-16(24)6-11-20(19)27-22(31)29(23)18-9-7-17(25)8-10-18/h6-12,15,32H,4-5,13-14H2,1-3H3,(H,26,30)(H,27,31)/t15-,23-/m1/s1. The Morgan fingerprint density at radius 1 is 1.25 bits per heavy atom. The van der Waals surface area contributed by atoms with Gasteiger partial charge in [-0.05, 0) is 61.5 Å². The molecule has 7 nitrogen and oxygen atoms in total. The Kier molecular flexibility index (Phi) is 7.82. The summed E-state index contributed by atoms with van der Waals surface area (Å²) in [5.41, 5.74) is -1.26. The van der Waals surface area contributed by atoms with Crippen molar-refractivity contribution in [3.63, 3.8) is 0 Å². The number of nitrogens with one attached hydrogen (secondary N) is 2. The second kappa shape index (κ2) is 10.2. The number of rotatable bonds is 8. The minimum Gasteiger partial charge on any atom is -0.359 e. The number of nitrogens with zero attached hydrogens (tertiary/aromatic N) is 2. The summed E-state index contributed by atoms with van der Waals surface area (Å²) in [4.78, 5) is 29.8. The van der Waals surface area contributed by atoms with E-state index in [-0.39, 0.29) is 11.5 Å². The van der Waals surface area contributed by atoms with Crippen LogP contribution in [-0.2, 0) is 10.5 Å². The molecule has 172 valence electrons. The molecule has 3 N–H and O–H groups in total. The molecule has 0 radical (unpaired) electrons. The van der Waals surface area contributed by atoms with Crippen molar-refractivity contribution in [2.45, 2.75) is 26.5 Å². The molecule has 3 rings (SSSR count). The Hall–Kier alpha value is -2.13. The molecule has 0 fully saturated rings. The molecule has 32 heavy (non-hydrogen) atoms. The third kappa shape index (κ3) is 4.93. The first kappa shape index (κ1) is 24.5. The normalized spacial score (nSPS) is 18.8. The molecule has 0 saturated carbocycles. The van der Waals surface area contributed by atoms with Crippen LogP contribution in [0.25, 0.3) is 0 Å². The van der Waals surface area contributed by atoms with Crippen LogP contribution in [0.3, 0.4) is 0 Å². The van der Waals surface area contributed by atoms with E-state index in [0.717, 1.165) is 24.5 Å². The number of carbonyl (C=O) groups is 2. The minimum absolute atomic E-state index is 0.158. The van der Waals surface area contributed by atoms with Crippen LogP contribution < -0.4 is 15.5 Å². The lowest BCUT2D eigenvalue weighted by molar-refractivity contribution is -0.140. The van der Waals surface area contributed by atoms with Crippen molar-refractivity contribution >= 4 is 50.8 Å². The van der Waals surface area contributed by atoms with Crippen LogP contribution in [-0.4, -0.2) is 48.1 Å². The van der Waals surface area contributed by atoms with Gasteiger partial charge in [-0.25, -0.2) is 4.79 Å². The molecule has 2 aromatic rings. The minimum atomic E-state index is -2.25. The number of carbonyl (C=O) groups excluding carboxylic acids is 2. The van der Waals surface area contributed by atoms with Gasteiger partial charge in [-0.3, -0.25) is 9.69 Å². The van der Waals surface area contributed by atoms with Gasteiger partial charge in [0, 0.05) is 33.8 Å². The number of benzene rings is 2. The number of aliphatic hydroxyl groups is 1. The molecule has 0 spiro atoms. The van der Waals surface area contributed by atoms with Gasteiger partial charge in [-0.2, -0.15) is 0 Å². The van der Waals surface area contributed by atoms with Crippen LogP contribution in [0.5, 0.6) is 0 Å². The van der Waals surface area contributed by atoms with Crippen LogP contribution in [0.4, 0.5) is 16.2 Å². The molecular weight excluding hydrogens is 496 g/mol. The van der Waals surface area contributed by atoms with Crippen molar-refractivity contribution in [3.05, 3.63) is 57.5 Å². The van der Waals surface area contributed by atoms with Crippen molar-refractivity contribution in [3.8, 4) is 0 Å². The number of halogens is 2. The SMILES string of the molecule is CCN(CC)C[C@H](C)CNC(=O)[C@]1(O)c2cc(Br)ccc2NC(=O)N1c1ccc(Cl)cc1. The van der Waals surface area contributed by atoms with E-state index >= 15 is 0 Å². The van der Waals surface area contributed by atoms with Crippen LogP contribution >= 0.6 is 27.5 Å². The van der Waals surface area contributed by atoms with E-state index in [4.69, 9.17) is 11.6 Å². The molecule has 0 unspecified atom stereocenters. The number of hydrogen-bond donors (Lipinski definition) is 3. The Morgan fingerprint density at radius 3 is 2.53 bits per heavy atom. The first-order valence-electron chi connectivity index (χ1n) is 10.6. The predicted octanol–water partition coefficient (Wildman–Crippen LogP) is 4.39. The van der Waals surface area contributed by atoms with Gasteiger partial charge in [0.2, 0.25) is 0 Å². The van der Waals surface area contributed by atoms with E-state index in [1.54, 1.807) is 42.5 Å². The molecule has 1 heterocycles. The summed E-state index contributed by atoms with van der Waals surface area (Å²) < 4.78 is 0.671. The highest BCUT2D eigenvalue weighted by atomic mass is 79.9. The van der Waals surface area contributed by atoms with Gasteiger partial charge >= 0.3 is 6.03 Å². The van der Waals surface area contributed by atoms with Gasteiger partial charge in [0.15, 0.2) is 0 Å². The molecule has 1 aliphatic heterocycles. The summed E-state index contributed by atoms with van der Waals surface area (Å²) in [6, 6.07) is 10.8. The fourth-order valence-electron chi connectivity index (χ4n) is 3.85. The van der Waals surface area contributed by atoms with Crippen LogP contribution in [0.1, 0.15) is 26.3 Å². The predicted molar refractivity (Wildman–Crippen MR) is 131 cm³/mol. The molecular formula is C23H28BrClN4O3. The lowest BCUT2D eigenvalue weighted by atomic mass is 9.94. The van der Waals surface area contributed by atoms with Gasteiger partial charge in [-0.1, -0.05) is 48.3 Å². The molecule has 2 atom stereocenters. The molecule has 9 heteroatoms. The van der Waals surface area contributed by atoms with Gasteiger partial charge in [0.1, 0.15) is 0 Å². The lowest BCUT2D eigenvalue weighted by Crippen LogP contribution is -2.63.